The quantitative estimate of drug-likeness (QED) is 0.601. The van der Waals surface area contributed by atoms with Gasteiger partial charge in [-0.2, -0.15) is 0 Å². The summed E-state index contributed by atoms with van der Waals surface area (Å²) in [6.45, 7) is 0. The number of aliphatic hydroxyl groups is 1. The van der Waals surface area contributed by atoms with Crippen molar-refractivity contribution in [3.63, 3.8) is 0 Å². The predicted octanol–water partition coefficient (Wildman–Crippen LogP) is 1.49. The standard InChI is InChI=1S/C9H7FO/c1-2-9(11)7-3-5-8(10)6-4-7/h1,3-6,9,11H. The zero-order chi connectivity index (χ0) is 8.27. The van der Waals surface area contributed by atoms with E-state index >= 15 is 0 Å². The first-order valence-corrected chi connectivity index (χ1v) is 3.13. The van der Waals surface area contributed by atoms with E-state index in [0.717, 1.165) is 0 Å². The molecule has 0 heterocycles. The van der Waals surface area contributed by atoms with Crippen LogP contribution in [0.3, 0.4) is 0 Å². The first-order chi connectivity index (χ1) is 5.24. The van der Waals surface area contributed by atoms with Gasteiger partial charge >= 0.3 is 0 Å². The van der Waals surface area contributed by atoms with Crippen molar-refractivity contribution in [2.45, 2.75) is 6.10 Å². The highest BCUT2D eigenvalue weighted by molar-refractivity contribution is 5.23. The lowest BCUT2D eigenvalue weighted by Crippen LogP contribution is -1.92. The molecule has 56 valence electrons. The van der Waals surface area contributed by atoms with Gasteiger partial charge in [0.25, 0.3) is 0 Å². The molecule has 1 atom stereocenters. The molecule has 0 amide bonds. The fraction of sp³-hybridized carbons (Fsp3) is 0.111. The lowest BCUT2D eigenvalue weighted by atomic mass is 10.1. The van der Waals surface area contributed by atoms with Crippen LogP contribution in [-0.4, -0.2) is 5.11 Å². The van der Waals surface area contributed by atoms with Crippen molar-refractivity contribution in [2.75, 3.05) is 0 Å². The van der Waals surface area contributed by atoms with Crippen molar-refractivity contribution in [1.82, 2.24) is 0 Å². The number of hydrogen-bond acceptors (Lipinski definition) is 1. The molecule has 0 fully saturated rings. The minimum absolute atomic E-state index is 0.335. The Morgan fingerprint density at radius 3 is 2.36 bits per heavy atom. The van der Waals surface area contributed by atoms with Crippen molar-refractivity contribution in [3.05, 3.63) is 35.6 Å². The summed E-state index contributed by atoms with van der Waals surface area (Å²) in [5, 5.41) is 9.06. The van der Waals surface area contributed by atoms with E-state index in [0.29, 0.717) is 5.56 Å². The van der Waals surface area contributed by atoms with Gasteiger partial charge in [-0.1, -0.05) is 18.1 Å². The maximum Gasteiger partial charge on any atom is 0.139 e. The fourth-order valence-electron chi connectivity index (χ4n) is 0.741. The van der Waals surface area contributed by atoms with Crippen molar-refractivity contribution < 1.29 is 9.50 Å². The van der Waals surface area contributed by atoms with Crippen LogP contribution >= 0.6 is 0 Å². The second-order valence-electron chi connectivity index (χ2n) is 2.12. The van der Waals surface area contributed by atoms with Crippen molar-refractivity contribution in [3.8, 4) is 12.3 Å². The van der Waals surface area contributed by atoms with E-state index in [1.165, 1.54) is 24.3 Å². The van der Waals surface area contributed by atoms with E-state index in [4.69, 9.17) is 11.5 Å². The smallest absolute Gasteiger partial charge is 0.139 e. The Morgan fingerprint density at radius 2 is 1.91 bits per heavy atom. The van der Waals surface area contributed by atoms with E-state index in [1.807, 2.05) is 0 Å². The van der Waals surface area contributed by atoms with E-state index in [1.54, 1.807) is 0 Å². The van der Waals surface area contributed by atoms with Crippen LogP contribution in [0.2, 0.25) is 0 Å². The van der Waals surface area contributed by atoms with Gasteiger partial charge < -0.3 is 5.11 Å². The molecule has 2 heteroatoms. The summed E-state index contributed by atoms with van der Waals surface area (Å²) in [6.07, 6.45) is 4.01. The third-order valence-electron chi connectivity index (χ3n) is 1.34. The minimum atomic E-state index is -0.935. The zero-order valence-corrected chi connectivity index (χ0v) is 5.79. The average molecular weight is 150 g/mol. The van der Waals surface area contributed by atoms with Crippen LogP contribution < -0.4 is 0 Å². The molecule has 0 bridgehead atoms. The van der Waals surface area contributed by atoms with Crippen LogP contribution in [0.4, 0.5) is 4.39 Å². The predicted molar refractivity (Wildman–Crippen MR) is 40.2 cm³/mol. The molecule has 0 aromatic heterocycles. The third kappa shape index (κ3) is 1.79. The molecule has 0 radical (unpaired) electrons. The number of aliphatic hydroxyl groups excluding tert-OH is 1. The second-order valence-corrected chi connectivity index (χ2v) is 2.12. The monoisotopic (exact) mass is 150 g/mol. The number of benzene rings is 1. The maximum atomic E-state index is 12.3. The molecular weight excluding hydrogens is 143 g/mol. The molecule has 1 unspecified atom stereocenters. The molecule has 0 saturated carbocycles. The van der Waals surface area contributed by atoms with Crippen molar-refractivity contribution in [2.24, 2.45) is 0 Å². The van der Waals surface area contributed by atoms with Gasteiger partial charge in [0.15, 0.2) is 0 Å². The molecule has 1 N–H and O–H groups in total. The van der Waals surface area contributed by atoms with Gasteiger partial charge in [-0.05, 0) is 17.7 Å². The topological polar surface area (TPSA) is 20.2 Å². The second kappa shape index (κ2) is 3.18. The van der Waals surface area contributed by atoms with Gasteiger partial charge in [-0.3, -0.25) is 0 Å². The highest BCUT2D eigenvalue weighted by Crippen LogP contribution is 2.11. The molecule has 11 heavy (non-hydrogen) atoms. The molecule has 0 saturated heterocycles. The number of hydrogen-bond donors (Lipinski definition) is 1. The Hall–Kier alpha value is -1.33. The molecule has 0 aliphatic carbocycles. The average Bonchev–Trinajstić information content (AvgIpc) is 2.05. The van der Waals surface area contributed by atoms with Crippen LogP contribution in [-0.2, 0) is 0 Å². The minimum Gasteiger partial charge on any atom is -0.376 e. The van der Waals surface area contributed by atoms with E-state index < -0.39 is 6.10 Å². The van der Waals surface area contributed by atoms with Crippen molar-refractivity contribution >= 4 is 0 Å². The molecule has 1 rings (SSSR count). The maximum absolute atomic E-state index is 12.3. The Labute approximate surface area is 64.5 Å². The highest BCUT2D eigenvalue weighted by atomic mass is 19.1. The van der Waals surface area contributed by atoms with Crippen LogP contribution in [0.15, 0.2) is 24.3 Å². The fourth-order valence-corrected chi connectivity index (χ4v) is 0.741. The Balaban J connectivity index is 2.92. The van der Waals surface area contributed by atoms with E-state index in [9.17, 15) is 4.39 Å². The molecule has 1 nitrogen and oxygen atoms in total. The number of terminal acetylenes is 1. The first kappa shape index (κ1) is 7.77. The third-order valence-corrected chi connectivity index (χ3v) is 1.34. The molecule has 0 spiro atoms. The summed E-state index contributed by atoms with van der Waals surface area (Å²) >= 11 is 0. The molecule has 1 aromatic rings. The van der Waals surface area contributed by atoms with Crippen LogP contribution in [0, 0.1) is 18.2 Å². The number of halogens is 1. The largest absolute Gasteiger partial charge is 0.376 e. The summed E-state index contributed by atoms with van der Waals surface area (Å²) in [5.74, 6) is 1.80. The Kier molecular flexibility index (Phi) is 2.25. The lowest BCUT2D eigenvalue weighted by Gasteiger charge is -2.01. The Morgan fingerprint density at radius 1 is 1.36 bits per heavy atom. The van der Waals surface area contributed by atoms with E-state index in [2.05, 4.69) is 5.92 Å². The molecular formula is C9H7FO. The van der Waals surface area contributed by atoms with Gasteiger partial charge in [0.05, 0.1) is 0 Å². The molecule has 0 aliphatic rings. The van der Waals surface area contributed by atoms with Gasteiger partial charge in [0.1, 0.15) is 11.9 Å². The summed E-state index contributed by atoms with van der Waals surface area (Å²) in [7, 11) is 0. The number of rotatable bonds is 1. The molecule has 0 aliphatic heterocycles. The van der Waals surface area contributed by atoms with Gasteiger partial charge in [-0.15, -0.1) is 6.42 Å². The SMILES string of the molecule is C#CC(O)c1ccc(F)cc1. The van der Waals surface area contributed by atoms with Crippen LogP contribution in [0.5, 0.6) is 0 Å². The van der Waals surface area contributed by atoms with Crippen molar-refractivity contribution in [1.29, 1.82) is 0 Å². The first-order valence-electron chi connectivity index (χ1n) is 3.13. The summed E-state index contributed by atoms with van der Waals surface area (Å²) in [6, 6.07) is 5.44. The summed E-state index contributed by atoms with van der Waals surface area (Å²) in [4.78, 5) is 0. The van der Waals surface area contributed by atoms with E-state index in [-0.39, 0.29) is 5.82 Å². The van der Waals surface area contributed by atoms with Crippen LogP contribution in [0.1, 0.15) is 11.7 Å². The Bertz CT molecular complexity index is 271. The lowest BCUT2D eigenvalue weighted by molar-refractivity contribution is 0.238. The molecule has 1 aromatic carbocycles. The van der Waals surface area contributed by atoms with Gasteiger partial charge in [0.2, 0.25) is 0 Å². The van der Waals surface area contributed by atoms with Gasteiger partial charge in [-0.25, -0.2) is 4.39 Å². The highest BCUT2D eigenvalue weighted by Gasteiger charge is 2.01. The summed E-state index contributed by atoms with van der Waals surface area (Å²) < 4.78 is 12.3. The summed E-state index contributed by atoms with van der Waals surface area (Å²) in [5.41, 5.74) is 0.536. The normalized spacial score (nSPS) is 12.1. The van der Waals surface area contributed by atoms with Crippen LogP contribution in [0.25, 0.3) is 0 Å². The zero-order valence-electron chi connectivity index (χ0n) is 5.79. The van der Waals surface area contributed by atoms with Gasteiger partial charge in [0, 0.05) is 0 Å².